The molecule has 2 aromatic rings. The molecule has 0 saturated heterocycles. The summed E-state index contributed by atoms with van der Waals surface area (Å²) < 4.78 is 77.6. The topological polar surface area (TPSA) is 0 Å². The summed E-state index contributed by atoms with van der Waals surface area (Å²) in [6.45, 7) is 0. The van der Waals surface area contributed by atoms with Crippen molar-refractivity contribution >= 4 is 5.57 Å². The van der Waals surface area contributed by atoms with Crippen molar-refractivity contribution in [3.63, 3.8) is 0 Å². The summed E-state index contributed by atoms with van der Waals surface area (Å²) in [7, 11) is 0. The highest BCUT2D eigenvalue weighted by molar-refractivity contribution is 5.85. The highest BCUT2D eigenvalue weighted by Gasteiger charge is 2.37. The van der Waals surface area contributed by atoms with Crippen molar-refractivity contribution in [1.82, 2.24) is 0 Å². The van der Waals surface area contributed by atoms with Gasteiger partial charge >= 0.3 is 12.4 Å². The van der Waals surface area contributed by atoms with Crippen LogP contribution < -0.4 is 0 Å². The minimum Gasteiger partial charge on any atom is -0.166 e. The fraction of sp³-hybridized carbons (Fsp3) is 0.176. The Morgan fingerprint density at radius 3 is 1.87 bits per heavy atom. The van der Waals surface area contributed by atoms with Crippen LogP contribution in [0.1, 0.15) is 27.8 Å². The molecule has 0 saturated carbocycles. The highest BCUT2D eigenvalue weighted by atomic mass is 19.4. The molecule has 2 aromatic carbocycles. The van der Waals surface area contributed by atoms with Crippen LogP contribution in [-0.4, -0.2) is 0 Å². The third kappa shape index (κ3) is 2.98. The van der Waals surface area contributed by atoms with Crippen LogP contribution in [-0.2, 0) is 18.8 Å². The second-order valence-corrected chi connectivity index (χ2v) is 5.27. The summed E-state index contributed by atoms with van der Waals surface area (Å²) in [5, 5.41) is 0. The first-order valence-electron chi connectivity index (χ1n) is 6.74. The molecule has 0 bridgehead atoms. The largest absolute Gasteiger partial charge is 0.416 e. The van der Waals surface area contributed by atoms with E-state index in [2.05, 4.69) is 0 Å². The lowest BCUT2D eigenvalue weighted by Gasteiger charge is -2.15. The molecule has 0 heterocycles. The summed E-state index contributed by atoms with van der Waals surface area (Å²) in [6, 6.07) is 8.66. The predicted molar refractivity (Wildman–Crippen MR) is 73.7 cm³/mol. The van der Waals surface area contributed by atoms with E-state index in [4.69, 9.17) is 0 Å². The van der Waals surface area contributed by atoms with Crippen molar-refractivity contribution in [3.8, 4) is 0 Å². The van der Waals surface area contributed by atoms with E-state index >= 15 is 0 Å². The zero-order valence-corrected chi connectivity index (χ0v) is 11.6. The molecule has 0 atom stereocenters. The Bertz CT molecular complexity index is 748. The van der Waals surface area contributed by atoms with Gasteiger partial charge in [-0.1, -0.05) is 30.3 Å². The number of rotatable bonds is 1. The SMILES string of the molecule is FC(F)(F)c1cc(C2=CCc3ccccc32)cc(C(F)(F)F)c1. The maximum Gasteiger partial charge on any atom is 0.416 e. The molecule has 0 aliphatic heterocycles. The molecule has 0 amide bonds. The van der Waals surface area contributed by atoms with Crippen LogP contribution in [0.2, 0.25) is 0 Å². The minimum atomic E-state index is -4.84. The van der Waals surface area contributed by atoms with Crippen molar-refractivity contribution in [1.29, 1.82) is 0 Å². The number of alkyl halides is 6. The van der Waals surface area contributed by atoms with Gasteiger partial charge in [0.15, 0.2) is 0 Å². The van der Waals surface area contributed by atoms with Gasteiger partial charge in [-0.3, -0.25) is 0 Å². The summed E-state index contributed by atoms with van der Waals surface area (Å²) in [4.78, 5) is 0. The Morgan fingerprint density at radius 1 is 0.739 bits per heavy atom. The summed E-state index contributed by atoms with van der Waals surface area (Å²) >= 11 is 0. The highest BCUT2D eigenvalue weighted by Crippen LogP contribution is 2.40. The van der Waals surface area contributed by atoms with E-state index in [1.165, 1.54) is 0 Å². The molecule has 23 heavy (non-hydrogen) atoms. The molecular formula is C17H10F6. The van der Waals surface area contributed by atoms with Gasteiger partial charge in [-0.15, -0.1) is 0 Å². The molecule has 0 fully saturated rings. The fourth-order valence-electron chi connectivity index (χ4n) is 2.67. The number of benzene rings is 2. The molecule has 0 radical (unpaired) electrons. The molecule has 1 aliphatic rings. The summed E-state index contributed by atoms with van der Waals surface area (Å²) in [5.41, 5.74) is -0.720. The molecule has 120 valence electrons. The lowest BCUT2D eigenvalue weighted by molar-refractivity contribution is -0.143. The number of allylic oxidation sites excluding steroid dienone is 1. The zero-order valence-electron chi connectivity index (χ0n) is 11.6. The molecular weight excluding hydrogens is 318 g/mol. The van der Waals surface area contributed by atoms with Crippen LogP contribution in [0.4, 0.5) is 26.3 Å². The average Bonchev–Trinajstić information content (AvgIpc) is 2.89. The molecule has 3 rings (SSSR count). The number of fused-ring (bicyclic) bond motifs is 1. The third-order valence-corrected chi connectivity index (χ3v) is 3.73. The van der Waals surface area contributed by atoms with E-state index in [0.29, 0.717) is 17.6 Å². The number of hydrogen-bond acceptors (Lipinski definition) is 0. The average molecular weight is 328 g/mol. The van der Waals surface area contributed by atoms with Gasteiger partial charge in [0.2, 0.25) is 0 Å². The Morgan fingerprint density at radius 2 is 1.30 bits per heavy atom. The molecule has 0 unspecified atom stereocenters. The lowest BCUT2D eigenvalue weighted by Crippen LogP contribution is -2.11. The molecule has 0 spiro atoms. The van der Waals surface area contributed by atoms with Crippen LogP contribution in [0.3, 0.4) is 0 Å². The smallest absolute Gasteiger partial charge is 0.166 e. The first-order chi connectivity index (χ1) is 10.7. The van der Waals surface area contributed by atoms with E-state index in [9.17, 15) is 26.3 Å². The monoisotopic (exact) mass is 328 g/mol. The minimum absolute atomic E-state index is 0.0721. The normalized spacial score (nSPS) is 14.6. The third-order valence-electron chi connectivity index (χ3n) is 3.73. The van der Waals surface area contributed by atoms with E-state index in [1.807, 2.05) is 0 Å². The Kier molecular flexibility index (Phi) is 3.50. The summed E-state index contributed by atoms with van der Waals surface area (Å²) in [6.07, 6.45) is -7.53. The predicted octanol–water partition coefficient (Wildman–Crippen LogP) is 5.71. The van der Waals surface area contributed by atoms with Gasteiger partial charge in [0, 0.05) is 0 Å². The lowest BCUT2D eigenvalue weighted by atomic mass is 9.95. The van der Waals surface area contributed by atoms with Crippen molar-refractivity contribution in [2.75, 3.05) is 0 Å². The van der Waals surface area contributed by atoms with E-state index < -0.39 is 23.5 Å². The maximum atomic E-state index is 12.9. The van der Waals surface area contributed by atoms with Gasteiger partial charge in [-0.05, 0) is 46.9 Å². The quantitative estimate of drug-likeness (QED) is 0.588. The van der Waals surface area contributed by atoms with Gasteiger partial charge < -0.3 is 0 Å². The molecule has 1 aliphatic carbocycles. The van der Waals surface area contributed by atoms with Crippen LogP contribution in [0.25, 0.3) is 5.57 Å². The van der Waals surface area contributed by atoms with Crippen molar-refractivity contribution in [2.24, 2.45) is 0 Å². The molecule has 0 nitrogen and oxygen atoms in total. The standard InChI is InChI=1S/C17H10F6/c18-16(19,20)12-7-11(8-13(9-12)17(21,22)23)15-6-5-10-3-1-2-4-14(10)15/h1-4,6-9H,5H2. The van der Waals surface area contributed by atoms with Gasteiger partial charge in [0.25, 0.3) is 0 Å². The Labute approximate surface area is 128 Å². The van der Waals surface area contributed by atoms with E-state index in [0.717, 1.165) is 17.7 Å². The van der Waals surface area contributed by atoms with Crippen molar-refractivity contribution in [3.05, 3.63) is 76.4 Å². The molecule has 0 N–H and O–H groups in total. The van der Waals surface area contributed by atoms with Crippen molar-refractivity contribution < 1.29 is 26.3 Å². The number of halogens is 6. The van der Waals surface area contributed by atoms with Crippen molar-refractivity contribution in [2.45, 2.75) is 18.8 Å². The van der Waals surface area contributed by atoms with Gasteiger partial charge in [-0.25, -0.2) is 0 Å². The van der Waals surface area contributed by atoms with Gasteiger partial charge in [0.1, 0.15) is 0 Å². The fourth-order valence-corrected chi connectivity index (χ4v) is 2.67. The van der Waals surface area contributed by atoms with Crippen LogP contribution in [0, 0.1) is 0 Å². The first kappa shape index (κ1) is 15.6. The van der Waals surface area contributed by atoms with E-state index in [-0.39, 0.29) is 11.6 Å². The second kappa shape index (κ2) is 5.15. The van der Waals surface area contributed by atoms with Crippen LogP contribution in [0.5, 0.6) is 0 Å². The maximum absolute atomic E-state index is 12.9. The van der Waals surface area contributed by atoms with Gasteiger partial charge in [0.05, 0.1) is 11.1 Å². The first-order valence-corrected chi connectivity index (χ1v) is 6.74. The molecule has 6 heteroatoms. The molecule has 0 aromatic heterocycles. The van der Waals surface area contributed by atoms with E-state index in [1.54, 1.807) is 30.3 Å². The van der Waals surface area contributed by atoms with Gasteiger partial charge in [-0.2, -0.15) is 26.3 Å². The Hall–Kier alpha value is -2.24. The Balaban J connectivity index is 2.17. The van der Waals surface area contributed by atoms with Crippen LogP contribution in [0.15, 0.2) is 48.5 Å². The zero-order chi connectivity index (χ0) is 16.8. The van der Waals surface area contributed by atoms with Crippen LogP contribution >= 0.6 is 0 Å². The summed E-state index contributed by atoms with van der Waals surface area (Å²) in [5.74, 6) is 0. The second-order valence-electron chi connectivity index (χ2n) is 5.27. The number of hydrogen-bond donors (Lipinski definition) is 0.